The van der Waals surface area contributed by atoms with E-state index in [2.05, 4.69) is 6.08 Å². The van der Waals surface area contributed by atoms with Gasteiger partial charge in [0.05, 0.1) is 19.8 Å². The molecule has 1 aromatic carbocycles. The van der Waals surface area contributed by atoms with E-state index in [1.165, 1.54) is 0 Å². The first-order valence-electron chi connectivity index (χ1n) is 5.18. The first-order valence-corrected chi connectivity index (χ1v) is 5.72. The predicted octanol–water partition coefficient (Wildman–Crippen LogP) is 3.74. The number of ether oxygens (including phenoxy) is 2. The highest BCUT2D eigenvalue weighted by Gasteiger charge is 2.10. The summed E-state index contributed by atoms with van der Waals surface area (Å²) in [6.45, 7) is 2.03. The molecule has 0 saturated heterocycles. The monoisotopic (exact) mass is 240 g/mol. The normalized spacial score (nSPS) is 11.4. The predicted molar refractivity (Wildman–Crippen MR) is 68.5 cm³/mol. The van der Waals surface area contributed by atoms with E-state index in [1.807, 2.05) is 25.1 Å². The van der Waals surface area contributed by atoms with Gasteiger partial charge in [0.2, 0.25) is 0 Å². The summed E-state index contributed by atoms with van der Waals surface area (Å²) in [7, 11) is 3.32. The van der Waals surface area contributed by atoms with Crippen LogP contribution in [0.4, 0.5) is 0 Å². The number of rotatable bonds is 5. The van der Waals surface area contributed by atoms with Gasteiger partial charge in [0, 0.05) is 5.88 Å². The summed E-state index contributed by atoms with van der Waals surface area (Å²) in [6, 6.07) is 5.77. The number of methoxy groups -OCH3 is 2. The van der Waals surface area contributed by atoms with Crippen molar-refractivity contribution in [2.75, 3.05) is 20.1 Å². The Balaban J connectivity index is 3.17. The smallest absolute Gasteiger partial charge is 0.130 e. The van der Waals surface area contributed by atoms with E-state index in [4.69, 9.17) is 21.1 Å². The maximum absolute atomic E-state index is 5.67. The zero-order chi connectivity index (χ0) is 12.0. The van der Waals surface area contributed by atoms with Crippen molar-refractivity contribution in [1.82, 2.24) is 0 Å². The Morgan fingerprint density at radius 2 is 1.81 bits per heavy atom. The fourth-order valence-electron chi connectivity index (χ4n) is 1.61. The number of alkyl halides is 1. The van der Waals surface area contributed by atoms with Gasteiger partial charge in [-0.15, -0.1) is 11.6 Å². The van der Waals surface area contributed by atoms with Gasteiger partial charge in [-0.3, -0.25) is 0 Å². The maximum atomic E-state index is 5.67. The molecule has 1 rings (SSSR count). The lowest BCUT2D eigenvalue weighted by Gasteiger charge is -2.13. The molecule has 0 heterocycles. The minimum atomic E-state index is 0.620. The van der Waals surface area contributed by atoms with Crippen molar-refractivity contribution >= 4 is 17.2 Å². The molecule has 1 aromatic rings. The van der Waals surface area contributed by atoms with Crippen LogP contribution in [0.2, 0.25) is 0 Å². The van der Waals surface area contributed by atoms with Gasteiger partial charge in [-0.25, -0.2) is 0 Å². The summed E-state index contributed by atoms with van der Waals surface area (Å²) in [5, 5.41) is 0. The lowest BCUT2D eigenvalue weighted by Crippen LogP contribution is -1.95. The van der Waals surface area contributed by atoms with E-state index in [-0.39, 0.29) is 0 Å². The number of hydrogen-bond acceptors (Lipinski definition) is 2. The van der Waals surface area contributed by atoms with Crippen LogP contribution in [0.15, 0.2) is 24.3 Å². The van der Waals surface area contributed by atoms with Crippen LogP contribution >= 0.6 is 11.6 Å². The fraction of sp³-hybridized carbons (Fsp3) is 0.385. The highest BCUT2D eigenvalue weighted by molar-refractivity contribution is 6.18. The minimum Gasteiger partial charge on any atom is -0.496 e. The molecule has 0 N–H and O–H groups in total. The first kappa shape index (κ1) is 12.9. The Hall–Kier alpha value is -1.15. The molecule has 0 amide bonds. The molecule has 0 bridgehead atoms. The zero-order valence-electron chi connectivity index (χ0n) is 9.92. The van der Waals surface area contributed by atoms with Gasteiger partial charge >= 0.3 is 0 Å². The number of benzene rings is 1. The largest absolute Gasteiger partial charge is 0.496 e. The van der Waals surface area contributed by atoms with Crippen LogP contribution in [0.25, 0.3) is 5.57 Å². The molecule has 0 aliphatic rings. The summed E-state index contributed by atoms with van der Waals surface area (Å²) >= 11 is 5.67. The van der Waals surface area contributed by atoms with Crippen LogP contribution in [0.5, 0.6) is 11.5 Å². The van der Waals surface area contributed by atoms with Crippen LogP contribution in [-0.4, -0.2) is 20.1 Å². The molecule has 0 spiro atoms. The van der Waals surface area contributed by atoms with Gasteiger partial charge in [-0.1, -0.05) is 12.1 Å². The molecular formula is C13H17ClO2. The molecule has 3 heteroatoms. The van der Waals surface area contributed by atoms with Crippen molar-refractivity contribution in [1.29, 1.82) is 0 Å². The first-order chi connectivity index (χ1) is 7.74. The van der Waals surface area contributed by atoms with Gasteiger partial charge in [-0.2, -0.15) is 0 Å². The maximum Gasteiger partial charge on any atom is 0.130 e. The molecule has 0 aliphatic heterocycles. The van der Waals surface area contributed by atoms with E-state index in [0.29, 0.717) is 5.88 Å². The second-order valence-corrected chi connectivity index (χ2v) is 3.78. The van der Waals surface area contributed by atoms with Gasteiger partial charge in [-0.05, 0) is 31.1 Å². The van der Waals surface area contributed by atoms with Crippen LogP contribution in [0.1, 0.15) is 18.9 Å². The van der Waals surface area contributed by atoms with E-state index in [9.17, 15) is 0 Å². The van der Waals surface area contributed by atoms with Crippen molar-refractivity contribution in [3.05, 3.63) is 29.8 Å². The highest BCUT2D eigenvalue weighted by Crippen LogP contribution is 2.34. The minimum absolute atomic E-state index is 0.620. The van der Waals surface area contributed by atoms with Crippen molar-refractivity contribution < 1.29 is 9.47 Å². The second kappa shape index (κ2) is 6.44. The Morgan fingerprint density at radius 1 is 1.25 bits per heavy atom. The summed E-state index contributed by atoms with van der Waals surface area (Å²) in [5.74, 6) is 2.26. The van der Waals surface area contributed by atoms with Crippen LogP contribution in [-0.2, 0) is 0 Å². The van der Waals surface area contributed by atoms with Gasteiger partial charge < -0.3 is 9.47 Å². The van der Waals surface area contributed by atoms with Crippen molar-refractivity contribution in [3.63, 3.8) is 0 Å². The van der Waals surface area contributed by atoms with Crippen LogP contribution in [0, 0.1) is 0 Å². The lowest BCUT2D eigenvalue weighted by atomic mass is 10.0. The SMILES string of the molecule is COc1cccc(OC)c1/C(C)=C/CCCl. The van der Waals surface area contributed by atoms with E-state index < -0.39 is 0 Å². The molecule has 0 radical (unpaired) electrons. The Labute approximate surface area is 102 Å². The second-order valence-electron chi connectivity index (χ2n) is 3.40. The quantitative estimate of drug-likeness (QED) is 0.730. The Bertz CT molecular complexity index is 350. The average molecular weight is 241 g/mol. The molecule has 0 unspecified atom stereocenters. The zero-order valence-corrected chi connectivity index (χ0v) is 10.7. The Morgan fingerprint density at radius 3 is 2.25 bits per heavy atom. The van der Waals surface area contributed by atoms with Crippen LogP contribution in [0.3, 0.4) is 0 Å². The topological polar surface area (TPSA) is 18.5 Å². The van der Waals surface area contributed by atoms with Crippen molar-refractivity contribution in [2.24, 2.45) is 0 Å². The van der Waals surface area contributed by atoms with Gasteiger partial charge in [0.1, 0.15) is 11.5 Å². The summed E-state index contributed by atoms with van der Waals surface area (Å²) in [6.07, 6.45) is 2.93. The van der Waals surface area contributed by atoms with E-state index >= 15 is 0 Å². The molecule has 0 aromatic heterocycles. The third-order valence-electron chi connectivity index (χ3n) is 2.38. The molecule has 0 atom stereocenters. The summed E-state index contributed by atoms with van der Waals surface area (Å²) in [4.78, 5) is 0. The number of allylic oxidation sites excluding steroid dienone is 2. The molecule has 88 valence electrons. The molecule has 0 aliphatic carbocycles. The third kappa shape index (κ3) is 2.92. The molecule has 0 fully saturated rings. The van der Waals surface area contributed by atoms with E-state index in [1.54, 1.807) is 14.2 Å². The standard InChI is InChI=1S/C13H17ClO2/c1-10(6-5-9-14)13-11(15-2)7-4-8-12(13)16-3/h4,6-8H,5,9H2,1-3H3/b10-6+. The van der Waals surface area contributed by atoms with Crippen molar-refractivity contribution in [2.45, 2.75) is 13.3 Å². The molecule has 16 heavy (non-hydrogen) atoms. The molecule has 2 nitrogen and oxygen atoms in total. The summed E-state index contributed by atoms with van der Waals surface area (Å²) < 4.78 is 10.7. The lowest BCUT2D eigenvalue weighted by molar-refractivity contribution is 0.392. The summed E-state index contributed by atoms with van der Waals surface area (Å²) in [5.41, 5.74) is 2.12. The number of hydrogen-bond donors (Lipinski definition) is 0. The highest BCUT2D eigenvalue weighted by atomic mass is 35.5. The van der Waals surface area contributed by atoms with Crippen LogP contribution < -0.4 is 9.47 Å². The van der Waals surface area contributed by atoms with Gasteiger partial charge in [0.25, 0.3) is 0 Å². The number of halogens is 1. The average Bonchev–Trinajstić information content (AvgIpc) is 2.34. The van der Waals surface area contributed by atoms with Crippen molar-refractivity contribution in [3.8, 4) is 11.5 Å². The van der Waals surface area contributed by atoms with E-state index in [0.717, 1.165) is 29.1 Å². The molecular weight excluding hydrogens is 224 g/mol. The fourth-order valence-corrected chi connectivity index (χ4v) is 1.72. The molecule has 0 saturated carbocycles. The third-order valence-corrected chi connectivity index (χ3v) is 2.60. The van der Waals surface area contributed by atoms with Gasteiger partial charge in [0.15, 0.2) is 0 Å². The Kier molecular flexibility index (Phi) is 5.20.